The second-order valence-corrected chi connectivity index (χ2v) is 9.20. The number of aromatic nitrogens is 4. The van der Waals surface area contributed by atoms with Crippen LogP contribution in [-0.2, 0) is 6.54 Å². The van der Waals surface area contributed by atoms with Gasteiger partial charge in [0, 0.05) is 12.1 Å². The van der Waals surface area contributed by atoms with E-state index in [9.17, 15) is 4.79 Å². The Hall–Kier alpha value is -5.30. The lowest BCUT2D eigenvalue weighted by atomic mass is 10.1. The molecule has 4 aromatic carbocycles. The molecule has 0 spiro atoms. The summed E-state index contributed by atoms with van der Waals surface area (Å²) in [4.78, 5) is 27.7. The third-order valence-corrected chi connectivity index (χ3v) is 6.76. The minimum Gasteiger partial charge on any atom is -0.497 e. The Kier molecular flexibility index (Phi) is 6.77. The van der Waals surface area contributed by atoms with Gasteiger partial charge in [0.1, 0.15) is 17.3 Å². The zero-order valence-electron chi connectivity index (χ0n) is 22.1. The van der Waals surface area contributed by atoms with Gasteiger partial charge < -0.3 is 9.47 Å². The molecule has 2 heterocycles. The van der Waals surface area contributed by atoms with Gasteiger partial charge in [-0.2, -0.15) is 0 Å². The molecule has 0 aliphatic rings. The lowest BCUT2D eigenvalue weighted by Crippen LogP contribution is -2.23. The van der Waals surface area contributed by atoms with E-state index in [4.69, 9.17) is 19.4 Å². The van der Waals surface area contributed by atoms with Crippen LogP contribution in [0.2, 0.25) is 0 Å². The summed E-state index contributed by atoms with van der Waals surface area (Å²) < 4.78 is 12.7. The van der Waals surface area contributed by atoms with E-state index in [0.717, 1.165) is 27.9 Å². The third-order valence-electron chi connectivity index (χ3n) is 6.76. The molecule has 7 heteroatoms. The Balaban J connectivity index is 1.33. The second-order valence-electron chi connectivity index (χ2n) is 9.20. The van der Waals surface area contributed by atoms with Gasteiger partial charge >= 0.3 is 0 Å². The van der Waals surface area contributed by atoms with Crippen molar-refractivity contribution in [2.24, 2.45) is 0 Å². The standard InChI is InChI=1S/C33H26N4O3/c1-39-24-17-18-31(40-2)26(20-24)32-36-27-10-4-3-9-25(27)33(38)37(32)19-7-8-22-13-15-23(16-14-22)30-21-34-28-11-5-6-12-29(28)35-30/h3-18,20-21H,19H2,1-2H3/b8-7+. The summed E-state index contributed by atoms with van der Waals surface area (Å²) in [5.41, 5.74) is 5.72. The molecule has 0 unspecified atom stereocenters. The van der Waals surface area contributed by atoms with E-state index in [-0.39, 0.29) is 5.56 Å². The van der Waals surface area contributed by atoms with Crippen LogP contribution < -0.4 is 15.0 Å². The highest BCUT2D eigenvalue weighted by atomic mass is 16.5. The molecule has 0 atom stereocenters. The number of methoxy groups -OCH3 is 2. The summed E-state index contributed by atoms with van der Waals surface area (Å²) in [5.74, 6) is 1.76. The average Bonchev–Trinajstić information content (AvgIpc) is 3.01. The van der Waals surface area contributed by atoms with Crippen LogP contribution >= 0.6 is 0 Å². The Bertz CT molecular complexity index is 1930. The molecule has 0 saturated carbocycles. The van der Waals surface area contributed by atoms with Crippen molar-refractivity contribution >= 4 is 28.0 Å². The Labute approximate surface area is 231 Å². The third kappa shape index (κ3) is 4.80. The van der Waals surface area contributed by atoms with Crippen molar-refractivity contribution in [2.75, 3.05) is 14.2 Å². The number of benzene rings is 4. The number of nitrogens with zero attached hydrogens (tertiary/aromatic N) is 4. The fourth-order valence-electron chi connectivity index (χ4n) is 4.69. The smallest absolute Gasteiger partial charge is 0.261 e. The van der Waals surface area contributed by atoms with E-state index in [0.29, 0.717) is 40.3 Å². The van der Waals surface area contributed by atoms with Gasteiger partial charge in [0.05, 0.1) is 53.6 Å². The quantitative estimate of drug-likeness (QED) is 0.239. The van der Waals surface area contributed by atoms with Crippen LogP contribution in [0.5, 0.6) is 11.5 Å². The van der Waals surface area contributed by atoms with Gasteiger partial charge in [-0.05, 0) is 48.0 Å². The lowest BCUT2D eigenvalue weighted by molar-refractivity contribution is 0.404. The van der Waals surface area contributed by atoms with Crippen LogP contribution in [-0.4, -0.2) is 33.7 Å². The van der Waals surface area contributed by atoms with Crippen molar-refractivity contribution < 1.29 is 9.47 Å². The van der Waals surface area contributed by atoms with E-state index in [1.165, 1.54) is 0 Å². The zero-order valence-corrected chi connectivity index (χ0v) is 22.1. The molecule has 40 heavy (non-hydrogen) atoms. The Morgan fingerprint density at radius 1 is 0.800 bits per heavy atom. The second kappa shape index (κ2) is 10.8. The summed E-state index contributed by atoms with van der Waals surface area (Å²) in [6.45, 7) is 0.324. The first-order valence-electron chi connectivity index (χ1n) is 12.9. The molecule has 6 aromatic rings. The first kappa shape index (κ1) is 25.0. The molecule has 0 N–H and O–H groups in total. The van der Waals surface area contributed by atoms with E-state index >= 15 is 0 Å². The molecule has 7 nitrogen and oxygen atoms in total. The molecule has 6 rings (SSSR count). The largest absolute Gasteiger partial charge is 0.497 e. The van der Waals surface area contributed by atoms with Crippen molar-refractivity contribution in [3.05, 3.63) is 119 Å². The summed E-state index contributed by atoms with van der Waals surface area (Å²) in [6, 6.07) is 28.7. The number of allylic oxidation sites excluding steroid dienone is 1. The van der Waals surface area contributed by atoms with Crippen LogP contribution in [0.1, 0.15) is 5.56 Å². The molecule has 0 amide bonds. The van der Waals surface area contributed by atoms with Gasteiger partial charge in [0.15, 0.2) is 0 Å². The van der Waals surface area contributed by atoms with Gasteiger partial charge in [0.25, 0.3) is 5.56 Å². The summed E-state index contributed by atoms with van der Waals surface area (Å²) in [5, 5.41) is 0.558. The summed E-state index contributed by atoms with van der Waals surface area (Å²) in [7, 11) is 3.20. The average molecular weight is 527 g/mol. The van der Waals surface area contributed by atoms with Crippen LogP contribution in [0.15, 0.2) is 108 Å². The van der Waals surface area contributed by atoms with Crippen LogP contribution in [0, 0.1) is 0 Å². The monoisotopic (exact) mass is 526 g/mol. The highest BCUT2D eigenvalue weighted by molar-refractivity contribution is 5.81. The lowest BCUT2D eigenvalue weighted by Gasteiger charge is -2.15. The number of rotatable bonds is 7. The predicted molar refractivity (Wildman–Crippen MR) is 159 cm³/mol. The molecule has 196 valence electrons. The molecular weight excluding hydrogens is 500 g/mol. The van der Waals surface area contributed by atoms with E-state index in [1.54, 1.807) is 31.0 Å². The van der Waals surface area contributed by atoms with E-state index < -0.39 is 0 Å². The molecule has 0 bridgehead atoms. The number of para-hydroxylation sites is 3. The maximum atomic E-state index is 13.6. The first-order chi connectivity index (χ1) is 19.6. The fourth-order valence-corrected chi connectivity index (χ4v) is 4.69. The van der Waals surface area contributed by atoms with Crippen molar-refractivity contribution in [2.45, 2.75) is 6.54 Å². The van der Waals surface area contributed by atoms with Crippen LogP contribution in [0.25, 0.3) is 50.7 Å². The summed E-state index contributed by atoms with van der Waals surface area (Å²) in [6.07, 6.45) is 5.74. The normalized spacial score (nSPS) is 11.3. The van der Waals surface area contributed by atoms with Gasteiger partial charge in [-0.1, -0.05) is 60.7 Å². The molecule has 0 radical (unpaired) electrons. The Morgan fingerprint density at radius 3 is 2.33 bits per heavy atom. The van der Waals surface area contributed by atoms with Gasteiger partial charge in [-0.25, -0.2) is 9.97 Å². The van der Waals surface area contributed by atoms with Crippen LogP contribution in [0.4, 0.5) is 0 Å². The number of ether oxygens (including phenoxy) is 2. The van der Waals surface area contributed by atoms with E-state index in [1.807, 2.05) is 97.1 Å². The molecular formula is C33H26N4O3. The van der Waals surface area contributed by atoms with Crippen molar-refractivity contribution in [3.63, 3.8) is 0 Å². The molecule has 0 fully saturated rings. The van der Waals surface area contributed by atoms with Crippen molar-refractivity contribution in [1.82, 2.24) is 19.5 Å². The number of hydrogen-bond donors (Lipinski definition) is 0. The summed E-state index contributed by atoms with van der Waals surface area (Å²) >= 11 is 0. The number of fused-ring (bicyclic) bond motifs is 2. The minimum atomic E-state index is -0.125. The van der Waals surface area contributed by atoms with Crippen molar-refractivity contribution in [1.29, 1.82) is 0 Å². The maximum Gasteiger partial charge on any atom is 0.261 e. The van der Waals surface area contributed by atoms with E-state index in [2.05, 4.69) is 4.98 Å². The molecule has 0 aliphatic carbocycles. The predicted octanol–water partition coefficient (Wildman–Crippen LogP) is 6.40. The van der Waals surface area contributed by atoms with Gasteiger partial charge in [-0.3, -0.25) is 14.3 Å². The van der Waals surface area contributed by atoms with Crippen molar-refractivity contribution in [3.8, 4) is 34.1 Å². The zero-order chi connectivity index (χ0) is 27.5. The molecule has 0 aliphatic heterocycles. The first-order valence-corrected chi connectivity index (χ1v) is 12.9. The minimum absolute atomic E-state index is 0.125. The molecule has 0 saturated heterocycles. The van der Waals surface area contributed by atoms with Crippen LogP contribution in [0.3, 0.4) is 0 Å². The topological polar surface area (TPSA) is 79.1 Å². The highest BCUT2D eigenvalue weighted by Gasteiger charge is 2.16. The molecule has 2 aromatic heterocycles. The number of hydrogen-bond acceptors (Lipinski definition) is 6. The highest BCUT2D eigenvalue weighted by Crippen LogP contribution is 2.32. The maximum absolute atomic E-state index is 13.6. The van der Waals surface area contributed by atoms with Gasteiger partial charge in [-0.15, -0.1) is 0 Å². The SMILES string of the molecule is COc1ccc(OC)c(-c2nc3ccccc3c(=O)n2C/C=C/c2ccc(-c3cnc4ccccc4n3)cc2)c1. The Morgan fingerprint density at radius 2 is 1.55 bits per heavy atom. The fraction of sp³-hybridized carbons (Fsp3) is 0.0909. The van der Waals surface area contributed by atoms with Gasteiger partial charge in [0.2, 0.25) is 0 Å².